The highest BCUT2D eigenvalue weighted by Crippen LogP contribution is 3.02. The van der Waals surface area contributed by atoms with E-state index in [1.54, 1.807) is 0 Å². The molecule has 0 saturated heterocycles. The van der Waals surface area contributed by atoms with Crippen LogP contribution in [0.25, 0.3) is 5.69 Å². The van der Waals surface area contributed by atoms with Crippen LogP contribution < -0.4 is 11.1 Å². The summed E-state index contributed by atoms with van der Waals surface area (Å²) in [5, 5.41) is 14.6. The van der Waals surface area contributed by atoms with Crippen LogP contribution >= 0.6 is 56.6 Å². The molecule has 0 aliphatic heterocycles. The number of primary amides is 1. The number of amides is 1. The van der Waals surface area contributed by atoms with Crippen LogP contribution in [0.2, 0.25) is 10.0 Å². The molecule has 6 nitrogen and oxygen atoms in total. The Morgan fingerprint density at radius 3 is 2.18 bits per heavy atom. The van der Waals surface area contributed by atoms with Crippen molar-refractivity contribution < 1.29 is 24.2 Å². The van der Waals surface area contributed by atoms with Crippen LogP contribution in [0.5, 0.6) is 0 Å². The van der Waals surface area contributed by atoms with Crippen molar-refractivity contribution in [3.8, 4) is 11.8 Å². The molecule has 4 rings (SSSR count). The lowest BCUT2D eigenvalue weighted by molar-refractivity contribution is -0.120. The molecule has 2 saturated carbocycles. The van der Waals surface area contributed by atoms with Crippen molar-refractivity contribution in [2.24, 2.45) is 5.73 Å². The lowest BCUT2D eigenvalue weighted by atomic mass is 9.94. The first-order valence-corrected chi connectivity index (χ1v) is 13.0. The Bertz CT molecular complexity index is 1270. The van der Waals surface area contributed by atoms with Crippen molar-refractivity contribution in [1.29, 1.82) is 5.26 Å². The molecule has 16 heteroatoms. The van der Waals surface area contributed by atoms with E-state index in [2.05, 4.69) is 10.4 Å². The molecule has 2 fully saturated rings. The third-order valence-corrected chi connectivity index (χ3v) is 8.75. The second-order valence-corrected chi connectivity index (χ2v) is 12.8. The number of benzene rings is 1. The third kappa shape index (κ3) is 4.26. The molecule has 1 aromatic heterocycles. The topological polar surface area (TPSA) is 96.7 Å². The predicted molar refractivity (Wildman–Crippen MR) is 121 cm³/mol. The minimum atomic E-state index is -10.1. The molecule has 1 heterocycles. The Morgan fingerprint density at radius 2 is 1.79 bits per heavy atom. The first kappa shape index (κ1) is 25.4. The number of carbonyl (C=O) groups is 1. The van der Waals surface area contributed by atoms with Gasteiger partial charge in [0.15, 0.2) is 5.69 Å². The molecule has 2 aliphatic carbocycles. The maximum atomic E-state index is 13.3. The number of nitrogens with two attached hydrogens (primary N) is 1. The summed E-state index contributed by atoms with van der Waals surface area (Å²) in [6, 6.07) is 1.87. The van der Waals surface area contributed by atoms with Gasteiger partial charge < -0.3 is 11.1 Å². The number of alkyl halides is 2. The average Bonchev–Trinajstić information content (AvgIpc) is 3.55. The van der Waals surface area contributed by atoms with Gasteiger partial charge in [0.2, 0.25) is 5.91 Å². The Balaban J connectivity index is 1.93. The largest absolute Gasteiger partial charge is 0.369 e. The van der Waals surface area contributed by atoms with Gasteiger partial charge in [-0.2, -0.15) is 10.4 Å². The minimum absolute atomic E-state index is 0.0138. The second-order valence-electron chi connectivity index (χ2n) is 8.31. The van der Waals surface area contributed by atoms with E-state index in [-0.39, 0.29) is 54.0 Å². The van der Waals surface area contributed by atoms with Gasteiger partial charge in [0.25, 0.3) is 0 Å². The summed E-state index contributed by atoms with van der Waals surface area (Å²) in [6.07, 6.45) is 0.997. The first-order chi connectivity index (χ1) is 15.3. The van der Waals surface area contributed by atoms with Crippen molar-refractivity contribution in [2.45, 2.75) is 39.8 Å². The molecule has 186 valence electrons. The van der Waals surface area contributed by atoms with Crippen molar-refractivity contribution in [1.82, 2.24) is 9.78 Å². The number of carbonyl (C=O) groups excluding carboxylic acids is 1. The zero-order chi connectivity index (χ0) is 25.5. The summed E-state index contributed by atoms with van der Waals surface area (Å²) in [4.78, 5) is 9.06. The highest BCUT2D eigenvalue weighted by molar-refractivity contribution is 8.45. The third-order valence-electron chi connectivity index (χ3n) is 5.81. The van der Waals surface area contributed by atoms with Crippen LogP contribution in [0.3, 0.4) is 0 Å². The molecule has 2 aromatic rings. The van der Waals surface area contributed by atoms with E-state index < -0.39 is 47.0 Å². The van der Waals surface area contributed by atoms with Crippen LogP contribution in [-0.2, 0) is 10.2 Å². The Morgan fingerprint density at radius 1 is 1.26 bits per heavy atom. The van der Waals surface area contributed by atoms with Gasteiger partial charge >= 0.3 is 10.2 Å². The molecule has 0 spiro atoms. The lowest BCUT2D eigenvalue weighted by Crippen LogP contribution is -2.30. The summed E-state index contributed by atoms with van der Waals surface area (Å²) >= 11 is 24.4. The molecule has 2 aliphatic rings. The highest BCUT2D eigenvalue weighted by Gasteiger charge is 2.66. The molecule has 3 N–H and O–H groups in total. The monoisotopic (exact) mass is 583 g/mol. The Labute approximate surface area is 209 Å². The van der Waals surface area contributed by atoms with Crippen LogP contribution in [0, 0.1) is 11.3 Å². The number of nitrogens with one attached hydrogen (secondary N) is 1. The fourth-order valence-corrected chi connectivity index (χ4v) is 5.75. The average molecular weight is 585 g/mol. The van der Waals surface area contributed by atoms with Gasteiger partial charge in [-0.05, 0) is 31.4 Å². The number of nitriles is 1. The van der Waals surface area contributed by atoms with E-state index in [0.717, 1.165) is 4.68 Å². The molecule has 2 unspecified atom stereocenters. The smallest absolute Gasteiger partial charge is 0.310 e. The minimum Gasteiger partial charge on any atom is -0.369 e. The molecule has 2 atom stereocenters. The molecule has 0 radical (unpaired) electrons. The van der Waals surface area contributed by atoms with Gasteiger partial charge in [-0.3, -0.25) is 4.79 Å². The molecular weight excluding hydrogens is 571 g/mol. The quantitative estimate of drug-likeness (QED) is 0.282. The Hall–Kier alpha value is -1.65. The number of rotatable bonds is 7. The van der Waals surface area contributed by atoms with Crippen LogP contribution in [0.15, 0.2) is 17.0 Å². The van der Waals surface area contributed by atoms with E-state index in [1.165, 1.54) is 0 Å². The number of aromatic nitrogens is 2. The summed E-state index contributed by atoms with van der Waals surface area (Å²) in [7, 11) is -10.1. The molecule has 0 bridgehead atoms. The van der Waals surface area contributed by atoms with Crippen molar-refractivity contribution >= 4 is 68.4 Å². The van der Waals surface area contributed by atoms with E-state index in [1.807, 2.05) is 6.07 Å². The van der Waals surface area contributed by atoms with Gasteiger partial charge in [-0.15, -0.1) is 23.2 Å². The standard InChI is InChI=1S/C18H14Cl4F5N5OS/c19-9-3-8(34(23,24,25,26)27)4-10(20)14(9)32-15(30-7-18(22)5-12(18)21)13(11(6-28)31-32)17(1-2-17)16(29)33/h3-4,12,30H,1-2,5,7H2,(H2,29,33). The van der Waals surface area contributed by atoms with Crippen LogP contribution in [0.1, 0.15) is 30.5 Å². The molecule has 34 heavy (non-hydrogen) atoms. The van der Waals surface area contributed by atoms with Gasteiger partial charge in [0, 0.05) is 12.1 Å². The van der Waals surface area contributed by atoms with E-state index in [9.17, 15) is 29.5 Å². The van der Waals surface area contributed by atoms with E-state index in [4.69, 9.17) is 52.1 Å². The number of anilines is 1. The van der Waals surface area contributed by atoms with Gasteiger partial charge in [-0.25, -0.2) is 4.68 Å². The number of hydrogen-bond donors (Lipinski definition) is 2. The normalized spacial score (nSPS) is 25.1. The zero-order valence-corrected chi connectivity index (χ0v) is 20.5. The summed E-state index contributed by atoms with van der Waals surface area (Å²) in [5.41, 5.74) is 3.69. The van der Waals surface area contributed by atoms with Crippen molar-refractivity contribution in [2.75, 3.05) is 11.9 Å². The van der Waals surface area contributed by atoms with E-state index in [0.29, 0.717) is 6.42 Å². The van der Waals surface area contributed by atoms with Gasteiger partial charge in [-0.1, -0.05) is 42.6 Å². The molecular formula is C18H14Cl4F5N5OS. The summed E-state index contributed by atoms with van der Waals surface area (Å²) < 4.78 is 67.5. The van der Waals surface area contributed by atoms with Crippen molar-refractivity contribution in [3.05, 3.63) is 33.4 Å². The maximum Gasteiger partial charge on any atom is 0.310 e. The molecule has 1 amide bonds. The Kier molecular flexibility index (Phi) is 5.22. The summed E-state index contributed by atoms with van der Waals surface area (Å²) in [5.74, 6) is -0.783. The number of nitrogens with zero attached hydrogens (tertiary/aromatic N) is 3. The van der Waals surface area contributed by atoms with Crippen molar-refractivity contribution in [3.63, 3.8) is 0 Å². The highest BCUT2D eigenvalue weighted by atomic mass is 35.5. The van der Waals surface area contributed by atoms with Gasteiger partial charge in [0.1, 0.15) is 22.5 Å². The van der Waals surface area contributed by atoms with Gasteiger partial charge in [0.05, 0.1) is 25.7 Å². The summed E-state index contributed by atoms with van der Waals surface area (Å²) in [6.45, 7) is 0.0138. The first-order valence-electron chi connectivity index (χ1n) is 9.47. The van der Waals surface area contributed by atoms with E-state index >= 15 is 0 Å². The van der Waals surface area contributed by atoms with Crippen LogP contribution in [-0.4, -0.2) is 32.5 Å². The fraction of sp³-hybridized carbons (Fsp3) is 0.389. The lowest BCUT2D eigenvalue weighted by Gasteiger charge is -2.40. The zero-order valence-electron chi connectivity index (χ0n) is 16.7. The SMILES string of the molecule is N#Cc1nn(-c2c(Cl)cc(S(F)(F)(F)(F)F)cc2Cl)c(NCC2(Cl)CC2Cl)c1C1(C(N)=O)CC1. The molecule has 1 aromatic carbocycles. The van der Waals surface area contributed by atoms with Crippen LogP contribution in [0.4, 0.5) is 25.2 Å². The number of hydrogen-bond acceptors (Lipinski definition) is 4. The maximum absolute atomic E-state index is 13.3. The second kappa shape index (κ2) is 6.97. The number of halogens is 9. The fourth-order valence-electron chi connectivity index (χ4n) is 3.64. The predicted octanol–water partition coefficient (Wildman–Crippen LogP) is 6.63.